The minimum absolute atomic E-state index is 0.289. The van der Waals surface area contributed by atoms with Crippen molar-refractivity contribution in [2.75, 3.05) is 6.61 Å². The molecule has 0 saturated carbocycles. The maximum Gasteiger partial charge on any atom is 0.350 e. The highest BCUT2D eigenvalue weighted by Gasteiger charge is 2.13. The zero-order chi connectivity index (χ0) is 14.8. The van der Waals surface area contributed by atoms with Crippen molar-refractivity contribution in [3.8, 4) is 0 Å². The highest BCUT2D eigenvalue weighted by atomic mass is 79.9. The fraction of sp³-hybridized carbons (Fsp3) is 0.200. The predicted molar refractivity (Wildman–Crippen MR) is 84.8 cm³/mol. The van der Waals surface area contributed by atoms with Crippen LogP contribution in [-0.2, 0) is 11.2 Å². The second kappa shape index (κ2) is 5.99. The van der Waals surface area contributed by atoms with Crippen LogP contribution in [0, 0.1) is 6.92 Å². The van der Waals surface area contributed by atoms with Crippen molar-refractivity contribution in [1.29, 1.82) is 0 Å². The predicted octanol–water partition coefficient (Wildman–Crippen LogP) is 4.36. The molecule has 6 heteroatoms. The number of aryl methyl sites for hydroxylation is 1. The van der Waals surface area contributed by atoms with E-state index in [9.17, 15) is 4.79 Å². The molecule has 0 fully saturated rings. The van der Waals surface area contributed by atoms with Gasteiger partial charge in [-0.3, -0.25) is 0 Å². The van der Waals surface area contributed by atoms with Crippen molar-refractivity contribution >= 4 is 44.2 Å². The van der Waals surface area contributed by atoms with E-state index in [1.165, 1.54) is 11.3 Å². The Kier molecular flexibility index (Phi) is 4.07. The van der Waals surface area contributed by atoms with E-state index in [-0.39, 0.29) is 12.6 Å². The molecule has 2 aromatic heterocycles. The number of benzene rings is 1. The van der Waals surface area contributed by atoms with Crippen molar-refractivity contribution in [1.82, 2.24) is 4.98 Å². The fourth-order valence-electron chi connectivity index (χ4n) is 2.00. The molecule has 108 valence electrons. The van der Waals surface area contributed by atoms with Gasteiger partial charge in [-0.05, 0) is 31.2 Å². The van der Waals surface area contributed by atoms with Crippen LogP contribution in [0.2, 0.25) is 0 Å². The number of fused-ring (bicyclic) bond motifs is 1. The summed E-state index contributed by atoms with van der Waals surface area (Å²) in [6, 6.07) is 7.80. The number of hydrogen-bond donors (Lipinski definition) is 0. The number of hydrogen-bond acceptors (Lipinski definition) is 5. The van der Waals surface area contributed by atoms with E-state index in [4.69, 9.17) is 9.15 Å². The first-order chi connectivity index (χ1) is 10.1. The summed E-state index contributed by atoms with van der Waals surface area (Å²) in [5, 5.41) is 1.03. The number of ether oxygens (including phenoxy) is 1. The first-order valence-electron chi connectivity index (χ1n) is 6.38. The van der Waals surface area contributed by atoms with Crippen molar-refractivity contribution in [3.05, 3.63) is 50.6 Å². The number of carbonyl (C=O) groups is 1. The Morgan fingerprint density at radius 2 is 2.29 bits per heavy atom. The lowest BCUT2D eigenvalue weighted by molar-refractivity contribution is 0.0510. The average molecular weight is 366 g/mol. The molecule has 0 atom stereocenters. The van der Waals surface area contributed by atoms with E-state index < -0.39 is 0 Å². The summed E-state index contributed by atoms with van der Waals surface area (Å²) in [6.07, 6.45) is 0.551. The molecule has 21 heavy (non-hydrogen) atoms. The molecule has 0 saturated heterocycles. The number of nitrogens with zero attached hydrogens (tertiary/aromatic N) is 1. The molecule has 0 aliphatic heterocycles. The van der Waals surface area contributed by atoms with Gasteiger partial charge in [0.2, 0.25) is 0 Å². The number of thiazole rings is 1. The van der Waals surface area contributed by atoms with Gasteiger partial charge in [-0.25, -0.2) is 9.78 Å². The van der Waals surface area contributed by atoms with Gasteiger partial charge in [0.05, 0.1) is 17.8 Å². The van der Waals surface area contributed by atoms with E-state index in [2.05, 4.69) is 20.9 Å². The van der Waals surface area contributed by atoms with Crippen LogP contribution >= 0.6 is 27.3 Å². The Bertz CT molecular complexity index is 793. The van der Waals surface area contributed by atoms with Crippen LogP contribution in [0.4, 0.5) is 0 Å². The van der Waals surface area contributed by atoms with Gasteiger partial charge in [0, 0.05) is 16.3 Å². The molecule has 0 aliphatic carbocycles. The molecule has 4 nitrogen and oxygen atoms in total. The molecular formula is C15H12BrNO3S. The van der Waals surface area contributed by atoms with E-state index >= 15 is 0 Å². The van der Waals surface area contributed by atoms with Crippen LogP contribution in [-0.4, -0.2) is 17.6 Å². The summed E-state index contributed by atoms with van der Waals surface area (Å²) in [7, 11) is 0. The monoisotopic (exact) mass is 365 g/mol. The third-order valence-electron chi connectivity index (χ3n) is 3.04. The van der Waals surface area contributed by atoms with Gasteiger partial charge in [0.25, 0.3) is 0 Å². The number of aromatic nitrogens is 1. The van der Waals surface area contributed by atoms with E-state index in [0.717, 1.165) is 21.2 Å². The Labute approximate surface area is 133 Å². The van der Waals surface area contributed by atoms with Crippen LogP contribution in [0.25, 0.3) is 11.0 Å². The Hall–Kier alpha value is -1.66. The standard InChI is InChI=1S/C15H12BrNO3S/c1-9-14(21-8-17-9)15(18)19-5-4-12-7-10-6-11(16)2-3-13(10)20-12/h2-3,6-8H,4-5H2,1H3. The van der Waals surface area contributed by atoms with Crippen LogP contribution in [0.3, 0.4) is 0 Å². The molecule has 0 amide bonds. The van der Waals surface area contributed by atoms with E-state index in [0.29, 0.717) is 17.0 Å². The van der Waals surface area contributed by atoms with Gasteiger partial charge < -0.3 is 9.15 Å². The van der Waals surface area contributed by atoms with E-state index in [1.54, 1.807) is 12.4 Å². The number of carbonyl (C=O) groups excluding carboxylic acids is 1. The highest BCUT2D eigenvalue weighted by molar-refractivity contribution is 9.10. The number of rotatable bonds is 4. The topological polar surface area (TPSA) is 52.3 Å². The summed E-state index contributed by atoms with van der Waals surface area (Å²) in [6.45, 7) is 2.08. The number of furan rings is 1. The van der Waals surface area contributed by atoms with Crippen molar-refractivity contribution in [2.45, 2.75) is 13.3 Å². The van der Waals surface area contributed by atoms with Crippen LogP contribution in [0.15, 0.2) is 38.7 Å². The Balaban J connectivity index is 1.62. The van der Waals surface area contributed by atoms with Crippen molar-refractivity contribution in [2.24, 2.45) is 0 Å². The van der Waals surface area contributed by atoms with Crippen LogP contribution in [0.5, 0.6) is 0 Å². The third kappa shape index (κ3) is 3.16. The SMILES string of the molecule is Cc1ncsc1C(=O)OCCc1cc2cc(Br)ccc2o1. The highest BCUT2D eigenvalue weighted by Crippen LogP contribution is 2.23. The lowest BCUT2D eigenvalue weighted by Crippen LogP contribution is -2.07. The summed E-state index contributed by atoms with van der Waals surface area (Å²) in [5.41, 5.74) is 3.18. The first kappa shape index (κ1) is 14.3. The normalized spacial score (nSPS) is 11.0. The van der Waals surface area contributed by atoms with Gasteiger partial charge in [0.1, 0.15) is 16.2 Å². The summed E-state index contributed by atoms with van der Waals surface area (Å²) < 4.78 is 12.0. The Morgan fingerprint density at radius 1 is 1.43 bits per heavy atom. The fourth-order valence-corrected chi connectivity index (χ4v) is 3.07. The Morgan fingerprint density at radius 3 is 3.05 bits per heavy atom. The minimum Gasteiger partial charge on any atom is -0.461 e. The van der Waals surface area contributed by atoms with Gasteiger partial charge in [0.15, 0.2) is 0 Å². The summed E-state index contributed by atoms with van der Waals surface area (Å²) in [5.74, 6) is 0.478. The molecule has 0 bridgehead atoms. The molecule has 0 radical (unpaired) electrons. The molecule has 3 aromatic rings. The second-order valence-corrected chi connectivity index (χ2v) is 6.32. The van der Waals surface area contributed by atoms with Gasteiger partial charge in [-0.1, -0.05) is 15.9 Å². The largest absolute Gasteiger partial charge is 0.461 e. The van der Waals surface area contributed by atoms with Crippen LogP contribution in [0.1, 0.15) is 21.1 Å². The van der Waals surface area contributed by atoms with E-state index in [1.807, 2.05) is 24.3 Å². The maximum absolute atomic E-state index is 11.8. The average Bonchev–Trinajstić information content (AvgIpc) is 3.04. The molecule has 2 heterocycles. The molecule has 0 unspecified atom stereocenters. The lowest BCUT2D eigenvalue weighted by Gasteiger charge is -2.01. The molecule has 0 aliphatic rings. The zero-order valence-electron chi connectivity index (χ0n) is 11.3. The van der Waals surface area contributed by atoms with Crippen molar-refractivity contribution < 1.29 is 13.9 Å². The van der Waals surface area contributed by atoms with Crippen molar-refractivity contribution in [3.63, 3.8) is 0 Å². The quantitative estimate of drug-likeness (QED) is 0.644. The summed E-state index contributed by atoms with van der Waals surface area (Å²) in [4.78, 5) is 16.4. The molecule has 3 rings (SSSR count). The third-order valence-corrected chi connectivity index (χ3v) is 4.44. The first-order valence-corrected chi connectivity index (χ1v) is 8.06. The maximum atomic E-state index is 11.8. The van der Waals surface area contributed by atoms with Gasteiger partial charge in [-0.2, -0.15) is 0 Å². The smallest absolute Gasteiger partial charge is 0.350 e. The minimum atomic E-state index is -0.325. The molecular weight excluding hydrogens is 354 g/mol. The second-order valence-electron chi connectivity index (χ2n) is 4.55. The van der Waals surface area contributed by atoms with Gasteiger partial charge in [-0.15, -0.1) is 11.3 Å². The molecule has 0 spiro atoms. The number of halogens is 1. The molecule has 0 N–H and O–H groups in total. The lowest BCUT2D eigenvalue weighted by atomic mass is 10.2. The zero-order valence-corrected chi connectivity index (χ0v) is 13.7. The van der Waals surface area contributed by atoms with Gasteiger partial charge >= 0.3 is 5.97 Å². The summed E-state index contributed by atoms with van der Waals surface area (Å²) >= 11 is 4.72. The van der Waals surface area contributed by atoms with Crippen LogP contribution < -0.4 is 0 Å². The molecule has 1 aromatic carbocycles. The number of esters is 1.